The summed E-state index contributed by atoms with van der Waals surface area (Å²) in [6, 6.07) is 2.69. The highest BCUT2D eigenvalue weighted by Gasteiger charge is 2.25. The molecule has 1 fully saturated rings. The lowest BCUT2D eigenvalue weighted by atomic mass is 9.95. The molecule has 0 radical (unpaired) electrons. The van der Waals surface area contributed by atoms with E-state index < -0.39 is 0 Å². The van der Waals surface area contributed by atoms with Crippen molar-refractivity contribution >= 4 is 11.6 Å². The normalized spacial score (nSPS) is 19.0. The Morgan fingerprint density at radius 2 is 2.22 bits per heavy atom. The monoisotopic (exact) mass is 317 g/mol. The molecule has 1 unspecified atom stereocenters. The van der Waals surface area contributed by atoms with E-state index in [4.69, 9.17) is 4.74 Å². The zero-order chi connectivity index (χ0) is 16.2. The average Bonchev–Trinajstić information content (AvgIpc) is 3.01. The number of anilines is 1. The number of hydrogen-bond donors (Lipinski definition) is 0. The first-order valence-electron chi connectivity index (χ1n) is 8.64. The largest absolute Gasteiger partial charge is 0.378 e. The van der Waals surface area contributed by atoms with Gasteiger partial charge in [0.15, 0.2) is 0 Å². The van der Waals surface area contributed by atoms with Crippen molar-refractivity contribution in [2.24, 2.45) is 5.92 Å². The fourth-order valence-electron chi connectivity index (χ4n) is 3.40. The molecular weight excluding hydrogens is 290 g/mol. The molecular formula is C17H27N5O. The zero-order valence-corrected chi connectivity index (χ0v) is 14.4. The lowest BCUT2D eigenvalue weighted by Gasteiger charge is -2.37. The summed E-state index contributed by atoms with van der Waals surface area (Å²) in [7, 11) is 1.70. The van der Waals surface area contributed by atoms with Crippen LogP contribution >= 0.6 is 0 Å². The van der Waals surface area contributed by atoms with Gasteiger partial charge in [0.25, 0.3) is 5.78 Å². The highest BCUT2D eigenvalue weighted by molar-refractivity contribution is 5.48. The summed E-state index contributed by atoms with van der Waals surface area (Å²) in [6.45, 7) is 6.17. The van der Waals surface area contributed by atoms with Crippen molar-refractivity contribution in [3.63, 3.8) is 0 Å². The lowest BCUT2D eigenvalue weighted by Crippen LogP contribution is -2.41. The Bertz CT molecular complexity index is 639. The van der Waals surface area contributed by atoms with E-state index in [9.17, 15) is 0 Å². The minimum absolute atomic E-state index is 0.501. The lowest BCUT2D eigenvalue weighted by molar-refractivity contribution is 0.181. The summed E-state index contributed by atoms with van der Waals surface area (Å²) in [5, 5.41) is 4.39. The van der Waals surface area contributed by atoms with Gasteiger partial charge >= 0.3 is 0 Å². The van der Waals surface area contributed by atoms with Crippen molar-refractivity contribution < 1.29 is 4.74 Å². The van der Waals surface area contributed by atoms with E-state index in [2.05, 4.69) is 39.9 Å². The van der Waals surface area contributed by atoms with Crippen molar-refractivity contribution in [3.8, 4) is 0 Å². The van der Waals surface area contributed by atoms with E-state index in [1.165, 1.54) is 32.1 Å². The van der Waals surface area contributed by atoms with E-state index in [0.29, 0.717) is 18.4 Å². The van der Waals surface area contributed by atoms with Gasteiger partial charge in [-0.05, 0) is 38.0 Å². The molecule has 0 spiro atoms. The third-order valence-corrected chi connectivity index (χ3v) is 4.58. The molecule has 1 aliphatic rings. The molecule has 1 atom stereocenters. The van der Waals surface area contributed by atoms with Gasteiger partial charge in [-0.1, -0.05) is 13.8 Å². The van der Waals surface area contributed by atoms with Crippen LogP contribution in [0.15, 0.2) is 12.4 Å². The molecule has 0 amide bonds. The Morgan fingerprint density at radius 3 is 3.00 bits per heavy atom. The SMILES string of the molecule is COCc1cc(N2CCCCC2CCC(C)C)n2ncnc2n1. The van der Waals surface area contributed by atoms with Crippen molar-refractivity contribution in [2.75, 3.05) is 18.6 Å². The quantitative estimate of drug-likeness (QED) is 0.819. The number of ether oxygens (including phenoxy) is 1. The van der Waals surface area contributed by atoms with Crippen LogP contribution in [-0.2, 0) is 11.3 Å². The number of piperidine rings is 1. The molecule has 3 rings (SSSR count). The average molecular weight is 317 g/mol. The molecule has 0 aliphatic carbocycles. The third kappa shape index (κ3) is 3.63. The van der Waals surface area contributed by atoms with Crippen molar-refractivity contribution in [1.82, 2.24) is 19.6 Å². The van der Waals surface area contributed by atoms with Crippen LogP contribution in [0, 0.1) is 5.92 Å². The second-order valence-corrected chi connectivity index (χ2v) is 6.82. The predicted molar refractivity (Wildman–Crippen MR) is 90.6 cm³/mol. The van der Waals surface area contributed by atoms with Crippen molar-refractivity contribution in [1.29, 1.82) is 0 Å². The predicted octanol–water partition coefficient (Wildman–Crippen LogP) is 3.07. The highest BCUT2D eigenvalue weighted by atomic mass is 16.5. The van der Waals surface area contributed by atoms with E-state index >= 15 is 0 Å². The van der Waals surface area contributed by atoms with Crippen molar-refractivity contribution in [2.45, 2.75) is 58.6 Å². The van der Waals surface area contributed by atoms with Crippen LogP contribution in [0.4, 0.5) is 5.82 Å². The van der Waals surface area contributed by atoms with Crippen LogP contribution in [-0.4, -0.2) is 39.3 Å². The van der Waals surface area contributed by atoms with Gasteiger partial charge in [-0.25, -0.2) is 4.98 Å². The maximum Gasteiger partial charge on any atom is 0.254 e. The van der Waals surface area contributed by atoms with Gasteiger partial charge in [-0.15, -0.1) is 0 Å². The number of methoxy groups -OCH3 is 1. The third-order valence-electron chi connectivity index (χ3n) is 4.58. The Kier molecular flexibility index (Phi) is 5.10. The van der Waals surface area contributed by atoms with Crippen molar-refractivity contribution in [3.05, 3.63) is 18.1 Å². The van der Waals surface area contributed by atoms with Gasteiger partial charge in [0.1, 0.15) is 12.1 Å². The van der Waals surface area contributed by atoms with E-state index in [-0.39, 0.29) is 0 Å². The van der Waals surface area contributed by atoms with E-state index in [0.717, 1.165) is 24.0 Å². The van der Waals surface area contributed by atoms with Gasteiger partial charge in [0, 0.05) is 25.8 Å². The summed E-state index contributed by atoms with van der Waals surface area (Å²) < 4.78 is 7.13. The summed E-state index contributed by atoms with van der Waals surface area (Å²) in [4.78, 5) is 11.3. The molecule has 2 aromatic heterocycles. The molecule has 6 nitrogen and oxygen atoms in total. The topological polar surface area (TPSA) is 55.6 Å². The Morgan fingerprint density at radius 1 is 1.35 bits per heavy atom. The van der Waals surface area contributed by atoms with E-state index in [1.807, 2.05) is 4.52 Å². The highest BCUT2D eigenvalue weighted by Crippen LogP contribution is 2.28. The van der Waals surface area contributed by atoms with Gasteiger partial charge < -0.3 is 9.64 Å². The van der Waals surface area contributed by atoms with E-state index in [1.54, 1.807) is 13.4 Å². The van der Waals surface area contributed by atoms with Gasteiger partial charge in [-0.3, -0.25) is 0 Å². The number of aromatic nitrogens is 4. The second kappa shape index (κ2) is 7.25. The smallest absolute Gasteiger partial charge is 0.254 e. The molecule has 23 heavy (non-hydrogen) atoms. The number of nitrogens with zero attached hydrogens (tertiary/aromatic N) is 5. The molecule has 2 aromatic rings. The second-order valence-electron chi connectivity index (χ2n) is 6.82. The maximum absolute atomic E-state index is 5.26. The standard InChI is InChI=1S/C17H27N5O/c1-13(2)7-8-15-6-4-5-9-21(15)16-10-14(11-23-3)20-17-18-12-19-22(16)17/h10,12-13,15H,4-9,11H2,1-3H3. The minimum atomic E-state index is 0.501. The molecule has 3 heterocycles. The van der Waals surface area contributed by atoms with Crippen LogP contribution < -0.4 is 4.90 Å². The van der Waals surface area contributed by atoms with Crippen LogP contribution in [0.3, 0.4) is 0 Å². The first-order chi connectivity index (χ1) is 11.2. The Balaban J connectivity index is 1.93. The fourth-order valence-corrected chi connectivity index (χ4v) is 3.40. The molecule has 1 saturated heterocycles. The molecule has 0 N–H and O–H groups in total. The van der Waals surface area contributed by atoms with Gasteiger partial charge in [0.2, 0.25) is 0 Å². The summed E-state index contributed by atoms with van der Waals surface area (Å²) >= 11 is 0. The maximum atomic E-state index is 5.26. The number of rotatable bonds is 6. The molecule has 0 aromatic carbocycles. The van der Waals surface area contributed by atoms with Gasteiger partial charge in [-0.2, -0.15) is 14.6 Å². The van der Waals surface area contributed by atoms with Crippen LogP contribution in [0.5, 0.6) is 0 Å². The molecule has 0 saturated carbocycles. The Hall–Kier alpha value is -1.69. The summed E-state index contributed by atoms with van der Waals surface area (Å²) in [5.74, 6) is 2.50. The number of hydrogen-bond acceptors (Lipinski definition) is 5. The van der Waals surface area contributed by atoms with Crippen LogP contribution in [0.2, 0.25) is 0 Å². The first-order valence-corrected chi connectivity index (χ1v) is 8.64. The summed E-state index contributed by atoms with van der Waals surface area (Å²) in [6.07, 6.45) is 7.87. The van der Waals surface area contributed by atoms with Crippen LogP contribution in [0.1, 0.15) is 51.6 Å². The molecule has 1 aliphatic heterocycles. The van der Waals surface area contributed by atoms with Crippen LogP contribution in [0.25, 0.3) is 5.78 Å². The molecule has 126 valence electrons. The first kappa shape index (κ1) is 16.2. The fraction of sp³-hybridized carbons (Fsp3) is 0.706. The zero-order valence-electron chi connectivity index (χ0n) is 14.4. The number of fused-ring (bicyclic) bond motifs is 1. The molecule has 6 heteroatoms. The Labute approximate surface area is 137 Å². The summed E-state index contributed by atoms with van der Waals surface area (Å²) in [5.41, 5.74) is 0.913. The molecule has 0 bridgehead atoms. The minimum Gasteiger partial charge on any atom is -0.378 e. The van der Waals surface area contributed by atoms with Gasteiger partial charge in [0.05, 0.1) is 12.3 Å².